The first kappa shape index (κ1) is 11.7. The highest BCUT2D eigenvalue weighted by Crippen LogP contribution is 2.34. The van der Waals surface area contributed by atoms with Crippen LogP contribution < -0.4 is 0 Å². The molecule has 1 nitrogen and oxygen atoms in total. The predicted molar refractivity (Wildman–Crippen MR) is 54.0 cm³/mol. The van der Waals surface area contributed by atoms with E-state index in [4.69, 9.17) is 0 Å². The van der Waals surface area contributed by atoms with Crippen LogP contribution in [0.1, 0.15) is 34.1 Å². The fourth-order valence-corrected chi connectivity index (χ4v) is 1.79. The van der Waals surface area contributed by atoms with Crippen LogP contribution in [0, 0.1) is 17.3 Å². The van der Waals surface area contributed by atoms with Gasteiger partial charge < -0.3 is 5.11 Å². The summed E-state index contributed by atoms with van der Waals surface area (Å²) < 4.78 is 0. The lowest BCUT2D eigenvalue weighted by Gasteiger charge is -2.35. The van der Waals surface area contributed by atoms with E-state index in [2.05, 4.69) is 34.3 Å². The van der Waals surface area contributed by atoms with Gasteiger partial charge in [0.15, 0.2) is 0 Å². The molecular weight excluding hydrogens is 148 g/mol. The normalized spacial score (nSPS) is 14.8. The molecule has 1 N–H and O–H groups in total. The first-order valence-corrected chi connectivity index (χ1v) is 4.67. The fraction of sp³-hybridized carbons (Fsp3) is 0.818. The molecule has 12 heavy (non-hydrogen) atoms. The van der Waals surface area contributed by atoms with Crippen LogP contribution in [0.15, 0.2) is 12.7 Å². The van der Waals surface area contributed by atoms with Crippen LogP contribution in [0.2, 0.25) is 0 Å². The van der Waals surface area contributed by atoms with Gasteiger partial charge in [-0.3, -0.25) is 0 Å². The third-order valence-electron chi connectivity index (χ3n) is 2.64. The van der Waals surface area contributed by atoms with Gasteiger partial charge in [0.1, 0.15) is 0 Å². The van der Waals surface area contributed by atoms with Crippen molar-refractivity contribution in [1.29, 1.82) is 0 Å². The summed E-state index contributed by atoms with van der Waals surface area (Å²) in [6, 6.07) is 0. The minimum absolute atomic E-state index is 0.0162. The minimum Gasteiger partial charge on any atom is -0.396 e. The Kier molecular flexibility index (Phi) is 4.54. The van der Waals surface area contributed by atoms with Gasteiger partial charge in [-0.05, 0) is 23.7 Å². The third kappa shape index (κ3) is 2.98. The summed E-state index contributed by atoms with van der Waals surface area (Å²) in [4.78, 5) is 0. The standard InChI is InChI=1S/C11H22O/c1-6-7-10(9(2)3)11(4,5)8-12/h6,9-10,12H,1,7-8H2,2-5H3/t10-/m0/s1. The van der Waals surface area contributed by atoms with Crippen LogP contribution in [0.4, 0.5) is 0 Å². The molecule has 72 valence electrons. The van der Waals surface area contributed by atoms with Gasteiger partial charge in [-0.1, -0.05) is 33.8 Å². The zero-order valence-electron chi connectivity index (χ0n) is 8.80. The molecule has 1 atom stereocenters. The van der Waals surface area contributed by atoms with Gasteiger partial charge in [-0.15, -0.1) is 6.58 Å². The Labute approximate surface area is 76.5 Å². The molecule has 0 aliphatic rings. The average molecular weight is 170 g/mol. The topological polar surface area (TPSA) is 20.2 Å². The van der Waals surface area contributed by atoms with E-state index in [9.17, 15) is 5.11 Å². The largest absolute Gasteiger partial charge is 0.396 e. The summed E-state index contributed by atoms with van der Waals surface area (Å²) in [5.41, 5.74) is 0.0162. The lowest BCUT2D eigenvalue weighted by Crippen LogP contribution is -2.31. The van der Waals surface area contributed by atoms with Gasteiger partial charge in [-0.2, -0.15) is 0 Å². The summed E-state index contributed by atoms with van der Waals surface area (Å²) in [7, 11) is 0. The quantitative estimate of drug-likeness (QED) is 0.629. The summed E-state index contributed by atoms with van der Waals surface area (Å²) >= 11 is 0. The van der Waals surface area contributed by atoms with Crippen LogP contribution in [0.3, 0.4) is 0 Å². The number of hydrogen-bond donors (Lipinski definition) is 1. The lowest BCUT2D eigenvalue weighted by molar-refractivity contribution is 0.0711. The monoisotopic (exact) mass is 170 g/mol. The molecule has 0 spiro atoms. The number of allylic oxidation sites excluding steroid dienone is 1. The molecule has 0 amide bonds. The molecule has 0 radical (unpaired) electrons. The molecule has 0 heterocycles. The van der Waals surface area contributed by atoms with Crippen molar-refractivity contribution in [3.63, 3.8) is 0 Å². The number of rotatable bonds is 5. The molecule has 0 fully saturated rings. The highest BCUT2D eigenvalue weighted by atomic mass is 16.3. The van der Waals surface area contributed by atoms with Gasteiger partial charge in [0.05, 0.1) is 0 Å². The van der Waals surface area contributed by atoms with Crippen molar-refractivity contribution in [3.8, 4) is 0 Å². The molecule has 1 heteroatoms. The van der Waals surface area contributed by atoms with E-state index in [0.717, 1.165) is 6.42 Å². The molecule has 0 saturated carbocycles. The van der Waals surface area contributed by atoms with E-state index < -0.39 is 0 Å². The fourth-order valence-electron chi connectivity index (χ4n) is 1.79. The Morgan fingerprint density at radius 3 is 2.17 bits per heavy atom. The van der Waals surface area contributed by atoms with Crippen LogP contribution in [0.25, 0.3) is 0 Å². The zero-order chi connectivity index (χ0) is 9.78. The molecule has 0 aromatic carbocycles. The molecule has 0 saturated heterocycles. The van der Waals surface area contributed by atoms with Crippen molar-refractivity contribution in [2.75, 3.05) is 6.61 Å². The van der Waals surface area contributed by atoms with E-state index in [0.29, 0.717) is 11.8 Å². The number of aliphatic hydroxyl groups excluding tert-OH is 1. The van der Waals surface area contributed by atoms with Crippen LogP contribution in [0.5, 0.6) is 0 Å². The van der Waals surface area contributed by atoms with Crippen LogP contribution in [-0.2, 0) is 0 Å². The van der Waals surface area contributed by atoms with E-state index in [-0.39, 0.29) is 12.0 Å². The molecule has 0 aromatic heterocycles. The van der Waals surface area contributed by atoms with Crippen molar-refractivity contribution in [1.82, 2.24) is 0 Å². The Morgan fingerprint density at radius 1 is 1.42 bits per heavy atom. The Morgan fingerprint density at radius 2 is 1.92 bits per heavy atom. The zero-order valence-corrected chi connectivity index (χ0v) is 8.80. The highest BCUT2D eigenvalue weighted by molar-refractivity contribution is 4.85. The number of aliphatic hydroxyl groups is 1. The second kappa shape index (κ2) is 4.66. The third-order valence-corrected chi connectivity index (χ3v) is 2.64. The summed E-state index contributed by atoms with van der Waals surface area (Å²) in [6.45, 7) is 12.6. The van der Waals surface area contributed by atoms with Gasteiger partial charge >= 0.3 is 0 Å². The van der Waals surface area contributed by atoms with E-state index in [1.54, 1.807) is 0 Å². The maximum atomic E-state index is 9.21. The van der Waals surface area contributed by atoms with Crippen molar-refractivity contribution in [3.05, 3.63) is 12.7 Å². The molecule has 0 aromatic rings. The van der Waals surface area contributed by atoms with Gasteiger partial charge in [0.25, 0.3) is 0 Å². The SMILES string of the molecule is C=CC[C@@H](C(C)C)C(C)(C)CO. The number of hydrogen-bond acceptors (Lipinski definition) is 1. The van der Waals surface area contributed by atoms with Gasteiger partial charge in [-0.25, -0.2) is 0 Å². The van der Waals surface area contributed by atoms with Gasteiger partial charge in [0.2, 0.25) is 0 Å². The molecule has 0 aliphatic carbocycles. The van der Waals surface area contributed by atoms with Crippen LogP contribution in [-0.4, -0.2) is 11.7 Å². The summed E-state index contributed by atoms with van der Waals surface area (Å²) in [5.74, 6) is 1.13. The Hall–Kier alpha value is -0.300. The summed E-state index contributed by atoms with van der Waals surface area (Å²) in [5, 5.41) is 9.21. The van der Waals surface area contributed by atoms with Crippen molar-refractivity contribution in [2.24, 2.45) is 17.3 Å². The second-order valence-electron chi connectivity index (χ2n) is 4.52. The molecular formula is C11H22O. The average Bonchev–Trinajstić information content (AvgIpc) is 1.99. The maximum absolute atomic E-state index is 9.21. The van der Waals surface area contributed by atoms with E-state index in [1.807, 2.05) is 6.08 Å². The molecule has 0 rings (SSSR count). The molecule has 0 unspecified atom stereocenters. The first-order valence-electron chi connectivity index (χ1n) is 4.67. The van der Waals surface area contributed by atoms with Gasteiger partial charge in [0, 0.05) is 6.61 Å². The van der Waals surface area contributed by atoms with Crippen molar-refractivity contribution < 1.29 is 5.11 Å². The van der Waals surface area contributed by atoms with Crippen molar-refractivity contribution in [2.45, 2.75) is 34.1 Å². The Balaban J connectivity index is 4.37. The van der Waals surface area contributed by atoms with E-state index >= 15 is 0 Å². The molecule has 0 bridgehead atoms. The maximum Gasteiger partial charge on any atom is 0.0484 e. The van der Waals surface area contributed by atoms with Crippen molar-refractivity contribution >= 4 is 0 Å². The Bertz CT molecular complexity index is 136. The van der Waals surface area contributed by atoms with Crippen LogP contribution >= 0.6 is 0 Å². The molecule has 0 aliphatic heterocycles. The highest BCUT2D eigenvalue weighted by Gasteiger charge is 2.29. The van der Waals surface area contributed by atoms with E-state index in [1.165, 1.54) is 0 Å². The minimum atomic E-state index is 0.0162. The second-order valence-corrected chi connectivity index (χ2v) is 4.52. The summed E-state index contributed by atoms with van der Waals surface area (Å²) in [6.07, 6.45) is 2.94. The predicted octanol–water partition coefficient (Wildman–Crippen LogP) is 2.85. The lowest BCUT2D eigenvalue weighted by atomic mass is 9.72. The smallest absolute Gasteiger partial charge is 0.0484 e. The first-order chi connectivity index (χ1) is 5.45.